The number of rotatable bonds is 6. The lowest BCUT2D eigenvalue weighted by molar-refractivity contribution is -0.152. The maximum atomic E-state index is 12.3. The quantitative estimate of drug-likeness (QED) is 0.752. The van der Waals surface area contributed by atoms with E-state index in [1.807, 2.05) is 6.92 Å². The van der Waals surface area contributed by atoms with Gasteiger partial charge in [0, 0.05) is 12.5 Å². The molecule has 0 saturated heterocycles. The van der Waals surface area contributed by atoms with Gasteiger partial charge in [0.1, 0.15) is 5.54 Å². The summed E-state index contributed by atoms with van der Waals surface area (Å²) in [7, 11) is 0. The molecule has 2 unspecified atom stereocenters. The average molecular weight is 269 g/mol. The second-order valence-electron chi connectivity index (χ2n) is 6.16. The van der Waals surface area contributed by atoms with E-state index in [0.29, 0.717) is 12.7 Å². The Morgan fingerprint density at radius 2 is 2.05 bits per heavy atom. The van der Waals surface area contributed by atoms with Crippen LogP contribution in [0.25, 0.3) is 0 Å². The first-order valence-electron chi connectivity index (χ1n) is 7.66. The van der Waals surface area contributed by atoms with E-state index in [0.717, 1.165) is 19.3 Å². The summed E-state index contributed by atoms with van der Waals surface area (Å²) in [5, 5.41) is 3.42. The Bertz CT molecular complexity index is 315. The Kier molecular flexibility index (Phi) is 4.85. The van der Waals surface area contributed by atoms with Gasteiger partial charge in [-0.05, 0) is 52.9 Å². The number of ether oxygens (including phenoxy) is 2. The Morgan fingerprint density at radius 3 is 2.58 bits per heavy atom. The number of carbonyl (C=O) groups is 1. The zero-order valence-electron chi connectivity index (χ0n) is 12.4. The first-order valence-corrected chi connectivity index (χ1v) is 7.66. The second-order valence-corrected chi connectivity index (χ2v) is 6.16. The molecule has 0 spiro atoms. The van der Waals surface area contributed by atoms with Crippen LogP contribution in [0.5, 0.6) is 0 Å². The third-order valence-corrected chi connectivity index (χ3v) is 4.14. The fourth-order valence-corrected chi connectivity index (χ4v) is 3.09. The van der Waals surface area contributed by atoms with E-state index >= 15 is 0 Å². The first-order chi connectivity index (χ1) is 9.05. The molecule has 4 nitrogen and oxygen atoms in total. The van der Waals surface area contributed by atoms with Crippen molar-refractivity contribution in [1.29, 1.82) is 0 Å². The van der Waals surface area contributed by atoms with Crippen molar-refractivity contribution in [1.82, 2.24) is 5.32 Å². The van der Waals surface area contributed by atoms with Gasteiger partial charge in [0.25, 0.3) is 0 Å². The molecule has 19 heavy (non-hydrogen) atoms. The van der Waals surface area contributed by atoms with Crippen LogP contribution in [-0.2, 0) is 14.3 Å². The van der Waals surface area contributed by atoms with Crippen molar-refractivity contribution in [2.24, 2.45) is 0 Å². The third kappa shape index (κ3) is 3.48. The monoisotopic (exact) mass is 269 g/mol. The fourth-order valence-electron chi connectivity index (χ4n) is 3.09. The predicted octanol–water partition coefficient (Wildman–Crippen LogP) is 2.41. The normalized spacial score (nSPS) is 31.5. The van der Waals surface area contributed by atoms with Gasteiger partial charge in [-0.25, -0.2) is 0 Å². The highest BCUT2D eigenvalue weighted by Gasteiger charge is 2.47. The number of hydrogen-bond acceptors (Lipinski definition) is 4. The minimum absolute atomic E-state index is 0.108. The van der Waals surface area contributed by atoms with Crippen LogP contribution in [-0.4, -0.2) is 36.4 Å². The van der Waals surface area contributed by atoms with Crippen molar-refractivity contribution in [2.45, 2.75) is 83.1 Å². The Labute approximate surface area is 116 Å². The van der Waals surface area contributed by atoms with Crippen molar-refractivity contribution < 1.29 is 14.3 Å². The molecule has 0 bridgehead atoms. The van der Waals surface area contributed by atoms with Gasteiger partial charge in [0.15, 0.2) is 0 Å². The van der Waals surface area contributed by atoms with E-state index in [4.69, 9.17) is 9.47 Å². The highest BCUT2D eigenvalue weighted by Crippen LogP contribution is 2.36. The van der Waals surface area contributed by atoms with Gasteiger partial charge in [0.05, 0.1) is 18.8 Å². The zero-order valence-corrected chi connectivity index (χ0v) is 12.4. The van der Waals surface area contributed by atoms with E-state index in [1.165, 1.54) is 19.3 Å². The molecule has 4 heteroatoms. The van der Waals surface area contributed by atoms with Crippen molar-refractivity contribution in [3.05, 3.63) is 0 Å². The largest absolute Gasteiger partial charge is 0.465 e. The summed E-state index contributed by atoms with van der Waals surface area (Å²) in [6.07, 6.45) is 6.81. The van der Waals surface area contributed by atoms with Crippen LogP contribution in [0, 0.1) is 0 Å². The van der Waals surface area contributed by atoms with Crippen molar-refractivity contribution in [2.75, 3.05) is 6.61 Å². The van der Waals surface area contributed by atoms with Crippen LogP contribution in [0.4, 0.5) is 0 Å². The molecule has 0 radical (unpaired) electrons. The fraction of sp³-hybridized carbons (Fsp3) is 0.933. The third-order valence-electron chi connectivity index (χ3n) is 4.14. The summed E-state index contributed by atoms with van der Waals surface area (Å²) in [5.74, 6) is -0.108. The lowest BCUT2D eigenvalue weighted by Crippen LogP contribution is -2.54. The smallest absolute Gasteiger partial charge is 0.326 e. The van der Waals surface area contributed by atoms with Gasteiger partial charge in [-0.1, -0.05) is 0 Å². The summed E-state index contributed by atoms with van der Waals surface area (Å²) < 4.78 is 11.3. The number of hydrogen-bond donors (Lipinski definition) is 1. The summed E-state index contributed by atoms with van der Waals surface area (Å²) >= 11 is 0. The molecule has 2 rings (SSSR count). The van der Waals surface area contributed by atoms with E-state index in [2.05, 4.69) is 19.2 Å². The van der Waals surface area contributed by atoms with Crippen molar-refractivity contribution >= 4 is 5.97 Å². The van der Waals surface area contributed by atoms with Gasteiger partial charge >= 0.3 is 5.97 Å². The molecule has 2 atom stereocenters. The zero-order chi connectivity index (χ0) is 13.9. The minimum Gasteiger partial charge on any atom is -0.465 e. The topological polar surface area (TPSA) is 47.6 Å². The van der Waals surface area contributed by atoms with Gasteiger partial charge in [-0.2, -0.15) is 0 Å². The molecule has 1 N–H and O–H groups in total. The van der Waals surface area contributed by atoms with Gasteiger partial charge in [0.2, 0.25) is 0 Å². The molecule has 110 valence electrons. The SMILES string of the molecule is CCOC(=O)C1(NC(C)C)CCC(OC2CCC2)C1. The Morgan fingerprint density at radius 1 is 1.32 bits per heavy atom. The molecular weight excluding hydrogens is 242 g/mol. The molecule has 0 amide bonds. The lowest BCUT2D eigenvalue weighted by Gasteiger charge is -2.32. The van der Waals surface area contributed by atoms with Gasteiger partial charge in [-0.15, -0.1) is 0 Å². The van der Waals surface area contributed by atoms with Crippen LogP contribution in [0.3, 0.4) is 0 Å². The van der Waals surface area contributed by atoms with E-state index in [9.17, 15) is 4.79 Å². The summed E-state index contributed by atoms with van der Waals surface area (Å²) in [5.41, 5.74) is -0.529. The minimum atomic E-state index is -0.529. The van der Waals surface area contributed by atoms with Gasteiger partial charge < -0.3 is 9.47 Å². The molecule has 2 saturated carbocycles. The molecule has 0 aromatic heterocycles. The maximum Gasteiger partial charge on any atom is 0.326 e. The molecule has 0 heterocycles. The highest BCUT2D eigenvalue weighted by atomic mass is 16.5. The maximum absolute atomic E-state index is 12.3. The molecule has 0 aromatic rings. The number of carbonyl (C=O) groups excluding carboxylic acids is 1. The summed E-state index contributed by atoms with van der Waals surface area (Å²) in [6, 6.07) is 0.270. The summed E-state index contributed by atoms with van der Waals surface area (Å²) in [6.45, 7) is 6.44. The van der Waals surface area contributed by atoms with Crippen molar-refractivity contribution in [3.63, 3.8) is 0 Å². The Balaban J connectivity index is 1.96. The average Bonchev–Trinajstić information content (AvgIpc) is 2.68. The van der Waals surface area contributed by atoms with Crippen LogP contribution >= 0.6 is 0 Å². The summed E-state index contributed by atoms with van der Waals surface area (Å²) in [4.78, 5) is 12.3. The molecule has 2 aliphatic rings. The highest BCUT2D eigenvalue weighted by molar-refractivity contribution is 5.81. The van der Waals surface area contributed by atoms with Crippen LogP contribution in [0.15, 0.2) is 0 Å². The van der Waals surface area contributed by atoms with Crippen LogP contribution in [0.2, 0.25) is 0 Å². The van der Waals surface area contributed by atoms with E-state index in [1.54, 1.807) is 0 Å². The standard InChI is InChI=1S/C15H27NO3/c1-4-18-14(17)15(16-11(2)3)9-8-13(10-15)19-12-6-5-7-12/h11-13,16H,4-10H2,1-3H3. The number of nitrogens with one attached hydrogen (secondary N) is 1. The molecule has 0 aromatic carbocycles. The Hall–Kier alpha value is -0.610. The second kappa shape index (κ2) is 6.23. The predicted molar refractivity (Wildman–Crippen MR) is 74.0 cm³/mol. The molecule has 2 fully saturated rings. The van der Waals surface area contributed by atoms with Gasteiger partial charge in [-0.3, -0.25) is 10.1 Å². The van der Waals surface area contributed by atoms with E-state index < -0.39 is 5.54 Å². The molecule has 2 aliphatic carbocycles. The van der Waals surface area contributed by atoms with Crippen molar-refractivity contribution in [3.8, 4) is 0 Å². The molecule has 0 aliphatic heterocycles. The van der Waals surface area contributed by atoms with Crippen LogP contribution in [0.1, 0.15) is 59.3 Å². The molecular formula is C15H27NO3. The number of esters is 1. The van der Waals surface area contributed by atoms with E-state index in [-0.39, 0.29) is 18.1 Å². The van der Waals surface area contributed by atoms with Crippen LogP contribution < -0.4 is 5.32 Å². The lowest BCUT2D eigenvalue weighted by atomic mass is 9.95. The first kappa shape index (κ1) is 14.8.